The van der Waals surface area contributed by atoms with E-state index in [9.17, 15) is 4.39 Å². The lowest BCUT2D eigenvalue weighted by molar-refractivity contribution is 0.0578. The first-order chi connectivity index (χ1) is 8.06. The van der Waals surface area contributed by atoms with Crippen LogP contribution in [-0.4, -0.2) is 30.2 Å². The lowest BCUT2D eigenvalue weighted by atomic mass is 9.81. The highest BCUT2D eigenvalue weighted by Gasteiger charge is 2.30. The molecular weight excluding hydrogens is 213 g/mol. The number of piperidine rings is 1. The number of halogens is 1. The van der Waals surface area contributed by atoms with E-state index in [-0.39, 0.29) is 6.67 Å². The fraction of sp³-hybridized carbons (Fsp3) is 1.00. The average molecular weight is 245 g/mol. The Bertz CT molecular complexity index is 180. The zero-order valence-corrected chi connectivity index (χ0v) is 12.7. The van der Waals surface area contributed by atoms with Crippen molar-refractivity contribution in [2.24, 2.45) is 11.8 Å². The molecule has 0 bridgehead atoms. The van der Waals surface area contributed by atoms with E-state index in [0.29, 0.717) is 12.1 Å². The molecule has 1 aliphatic heterocycles. The molecule has 2 atom stereocenters. The lowest BCUT2D eigenvalue weighted by Gasteiger charge is -2.43. The van der Waals surface area contributed by atoms with Gasteiger partial charge in [0.1, 0.15) is 0 Å². The zero-order valence-electron chi connectivity index (χ0n) is 12.7. The van der Waals surface area contributed by atoms with Crippen molar-refractivity contribution in [2.45, 2.75) is 72.9 Å². The molecule has 1 fully saturated rings. The summed E-state index contributed by atoms with van der Waals surface area (Å²) in [5.41, 5.74) is 0. The first-order valence-electron chi connectivity index (χ1n) is 7.38. The largest absolute Gasteiger partial charge is 0.298 e. The van der Waals surface area contributed by atoms with Crippen LogP contribution >= 0.6 is 0 Å². The monoisotopic (exact) mass is 245 g/mol. The standard InChI is InChI=1S/C13H26FN.C2H6/c1-10(2)12-6-8-15(11(3)4)13(9-12)5-7-14;1-2/h10-13H,5-9H2,1-4H3;1-2H3/t12?,13-;/m1./s1. The second-order valence-electron chi connectivity index (χ2n) is 5.49. The molecule has 1 saturated heterocycles. The first-order valence-corrected chi connectivity index (χ1v) is 7.38. The van der Waals surface area contributed by atoms with Crippen LogP contribution in [0.25, 0.3) is 0 Å². The number of hydrogen-bond acceptors (Lipinski definition) is 1. The van der Waals surface area contributed by atoms with Gasteiger partial charge in [0.25, 0.3) is 0 Å². The fourth-order valence-electron chi connectivity index (χ4n) is 2.80. The molecule has 104 valence electrons. The Morgan fingerprint density at radius 2 is 1.76 bits per heavy atom. The molecule has 1 nitrogen and oxygen atoms in total. The molecule has 0 aromatic heterocycles. The summed E-state index contributed by atoms with van der Waals surface area (Å²) in [5.74, 6) is 1.55. The Morgan fingerprint density at radius 1 is 1.18 bits per heavy atom. The minimum Gasteiger partial charge on any atom is -0.298 e. The lowest BCUT2D eigenvalue weighted by Crippen LogP contribution is -2.47. The van der Waals surface area contributed by atoms with Gasteiger partial charge in [-0.3, -0.25) is 9.29 Å². The third-order valence-electron chi connectivity index (χ3n) is 3.85. The van der Waals surface area contributed by atoms with E-state index in [0.717, 1.165) is 24.8 Å². The summed E-state index contributed by atoms with van der Waals surface area (Å²) in [6, 6.07) is 1.05. The summed E-state index contributed by atoms with van der Waals surface area (Å²) in [7, 11) is 0. The van der Waals surface area contributed by atoms with Crippen molar-refractivity contribution in [1.29, 1.82) is 0 Å². The van der Waals surface area contributed by atoms with E-state index in [2.05, 4.69) is 32.6 Å². The van der Waals surface area contributed by atoms with Crippen molar-refractivity contribution in [3.8, 4) is 0 Å². The highest BCUT2D eigenvalue weighted by molar-refractivity contribution is 4.84. The van der Waals surface area contributed by atoms with Gasteiger partial charge in [-0.25, -0.2) is 0 Å². The van der Waals surface area contributed by atoms with Crippen LogP contribution in [-0.2, 0) is 0 Å². The third kappa shape index (κ3) is 5.37. The Kier molecular flexibility index (Phi) is 8.85. The number of likely N-dealkylation sites (tertiary alicyclic amines) is 1. The summed E-state index contributed by atoms with van der Waals surface area (Å²) >= 11 is 0. The van der Waals surface area contributed by atoms with E-state index in [4.69, 9.17) is 0 Å². The third-order valence-corrected chi connectivity index (χ3v) is 3.85. The Hall–Kier alpha value is -0.110. The molecule has 2 heteroatoms. The minimum absolute atomic E-state index is 0.168. The molecule has 1 aliphatic rings. The second kappa shape index (κ2) is 8.91. The number of nitrogens with zero attached hydrogens (tertiary/aromatic N) is 1. The van der Waals surface area contributed by atoms with Crippen LogP contribution in [0.1, 0.15) is 60.8 Å². The van der Waals surface area contributed by atoms with Crippen LogP contribution in [0.5, 0.6) is 0 Å². The Balaban J connectivity index is 0.00000121. The minimum atomic E-state index is -0.168. The maximum absolute atomic E-state index is 12.5. The van der Waals surface area contributed by atoms with Gasteiger partial charge in [-0.2, -0.15) is 0 Å². The predicted octanol–water partition coefficient (Wildman–Crippen LogP) is 4.52. The molecule has 0 aromatic rings. The molecule has 1 rings (SSSR count). The van der Waals surface area contributed by atoms with Crippen LogP contribution in [0.15, 0.2) is 0 Å². The van der Waals surface area contributed by atoms with E-state index in [1.54, 1.807) is 0 Å². The van der Waals surface area contributed by atoms with E-state index in [1.807, 2.05) is 13.8 Å². The number of rotatable bonds is 4. The topological polar surface area (TPSA) is 3.24 Å². The molecular formula is C15H32FN. The molecule has 0 N–H and O–H groups in total. The predicted molar refractivity (Wildman–Crippen MR) is 75.1 cm³/mol. The summed E-state index contributed by atoms with van der Waals surface area (Å²) in [5, 5.41) is 0. The highest BCUT2D eigenvalue weighted by atomic mass is 19.1. The van der Waals surface area contributed by atoms with Crippen LogP contribution < -0.4 is 0 Å². The second-order valence-corrected chi connectivity index (χ2v) is 5.49. The van der Waals surface area contributed by atoms with Gasteiger partial charge in [0.05, 0.1) is 6.67 Å². The van der Waals surface area contributed by atoms with Gasteiger partial charge in [0.2, 0.25) is 0 Å². The molecule has 1 unspecified atom stereocenters. The van der Waals surface area contributed by atoms with Crippen molar-refractivity contribution in [1.82, 2.24) is 4.90 Å². The molecule has 0 saturated carbocycles. The summed E-state index contributed by atoms with van der Waals surface area (Å²) in [4.78, 5) is 2.48. The van der Waals surface area contributed by atoms with Gasteiger partial charge in [-0.15, -0.1) is 0 Å². The molecule has 0 aliphatic carbocycles. The first kappa shape index (κ1) is 16.9. The van der Waals surface area contributed by atoms with Crippen molar-refractivity contribution in [3.05, 3.63) is 0 Å². The number of alkyl halides is 1. The molecule has 0 aromatic carbocycles. The number of hydrogen-bond donors (Lipinski definition) is 0. The van der Waals surface area contributed by atoms with Gasteiger partial charge in [-0.1, -0.05) is 27.7 Å². The van der Waals surface area contributed by atoms with Gasteiger partial charge >= 0.3 is 0 Å². The smallest absolute Gasteiger partial charge is 0.0909 e. The fourth-order valence-corrected chi connectivity index (χ4v) is 2.80. The Labute approximate surface area is 108 Å². The molecule has 0 amide bonds. The maximum atomic E-state index is 12.5. The maximum Gasteiger partial charge on any atom is 0.0909 e. The SMILES string of the molecule is CC.CC(C)C1CCN(C(C)C)[C@H](CCF)C1. The van der Waals surface area contributed by atoms with E-state index < -0.39 is 0 Å². The van der Waals surface area contributed by atoms with E-state index in [1.165, 1.54) is 12.8 Å². The van der Waals surface area contributed by atoms with Crippen LogP contribution in [0.2, 0.25) is 0 Å². The van der Waals surface area contributed by atoms with Gasteiger partial charge in [0.15, 0.2) is 0 Å². The van der Waals surface area contributed by atoms with E-state index >= 15 is 0 Å². The summed E-state index contributed by atoms with van der Waals surface area (Å²) in [6.07, 6.45) is 3.21. The normalized spacial score (nSPS) is 25.9. The van der Waals surface area contributed by atoms with Crippen LogP contribution in [0.4, 0.5) is 4.39 Å². The van der Waals surface area contributed by atoms with Crippen LogP contribution in [0.3, 0.4) is 0 Å². The molecule has 0 radical (unpaired) electrons. The molecule has 1 heterocycles. The van der Waals surface area contributed by atoms with Gasteiger partial charge in [0, 0.05) is 12.1 Å². The summed E-state index contributed by atoms with van der Waals surface area (Å²) < 4.78 is 12.5. The summed E-state index contributed by atoms with van der Waals surface area (Å²) in [6.45, 7) is 14.0. The van der Waals surface area contributed by atoms with Gasteiger partial charge in [-0.05, 0) is 51.5 Å². The highest BCUT2D eigenvalue weighted by Crippen LogP contribution is 2.31. The van der Waals surface area contributed by atoms with Crippen molar-refractivity contribution in [2.75, 3.05) is 13.2 Å². The average Bonchev–Trinajstić information content (AvgIpc) is 2.31. The zero-order chi connectivity index (χ0) is 13.4. The van der Waals surface area contributed by atoms with Crippen LogP contribution in [0, 0.1) is 11.8 Å². The van der Waals surface area contributed by atoms with Crippen molar-refractivity contribution >= 4 is 0 Å². The Morgan fingerprint density at radius 3 is 2.18 bits per heavy atom. The molecule has 0 spiro atoms. The van der Waals surface area contributed by atoms with Gasteiger partial charge < -0.3 is 0 Å². The molecule has 17 heavy (non-hydrogen) atoms. The van der Waals surface area contributed by atoms with Crippen molar-refractivity contribution < 1.29 is 4.39 Å². The quantitative estimate of drug-likeness (QED) is 0.704. The van der Waals surface area contributed by atoms with Crippen molar-refractivity contribution in [3.63, 3.8) is 0 Å².